The van der Waals surface area contributed by atoms with Crippen molar-refractivity contribution < 1.29 is 19.4 Å². The van der Waals surface area contributed by atoms with Gasteiger partial charge in [-0.3, -0.25) is 14.5 Å². The second-order valence-electron chi connectivity index (χ2n) is 8.31. The van der Waals surface area contributed by atoms with Crippen LogP contribution < -0.4 is 9.64 Å². The highest BCUT2D eigenvalue weighted by atomic mass is 35.5. The van der Waals surface area contributed by atoms with E-state index in [0.717, 1.165) is 10.3 Å². The van der Waals surface area contributed by atoms with E-state index in [9.17, 15) is 14.7 Å². The second kappa shape index (κ2) is 9.60. The topological polar surface area (TPSA) is 79.7 Å². The smallest absolute Gasteiger partial charge is 0.301 e. The number of halogens is 1. The van der Waals surface area contributed by atoms with Gasteiger partial charge in [-0.25, -0.2) is 4.98 Å². The van der Waals surface area contributed by atoms with Gasteiger partial charge in [0.25, 0.3) is 5.78 Å². The fourth-order valence-corrected chi connectivity index (χ4v) is 5.37. The van der Waals surface area contributed by atoms with E-state index in [1.54, 1.807) is 60.7 Å². The van der Waals surface area contributed by atoms with Crippen LogP contribution in [-0.4, -0.2) is 28.4 Å². The number of aryl methyl sites for hydroxylation is 1. The molecular formula is C28H21ClN2O4S. The zero-order chi connectivity index (χ0) is 25.4. The summed E-state index contributed by atoms with van der Waals surface area (Å²) < 4.78 is 6.36. The average molecular weight is 517 g/mol. The number of aliphatic hydroxyl groups is 1. The number of nitrogens with zero attached hydrogens (tertiary/aromatic N) is 2. The van der Waals surface area contributed by atoms with Crippen molar-refractivity contribution in [1.29, 1.82) is 0 Å². The van der Waals surface area contributed by atoms with E-state index in [-0.39, 0.29) is 11.3 Å². The number of benzene rings is 3. The molecule has 1 N–H and O–H groups in total. The largest absolute Gasteiger partial charge is 0.507 e. The van der Waals surface area contributed by atoms with Gasteiger partial charge in [-0.05, 0) is 42.8 Å². The molecule has 36 heavy (non-hydrogen) atoms. The van der Waals surface area contributed by atoms with Crippen molar-refractivity contribution in [3.8, 4) is 5.75 Å². The van der Waals surface area contributed by atoms with Crippen LogP contribution >= 0.6 is 22.9 Å². The third kappa shape index (κ3) is 4.27. The first-order valence-electron chi connectivity index (χ1n) is 11.1. The third-order valence-electron chi connectivity index (χ3n) is 5.88. The molecule has 1 atom stereocenters. The number of carbonyl (C=O) groups excluding carboxylic acids is 2. The predicted octanol–water partition coefficient (Wildman–Crippen LogP) is 6.45. The van der Waals surface area contributed by atoms with Crippen LogP contribution in [0, 0.1) is 6.92 Å². The number of aromatic nitrogens is 1. The van der Waals surface area contributed by atoms with E-state index in [2.05, 4.69) is 11.6 Å². The molecule has 0 spiro atoms. The van der Waals surface area contributed by atoms with Gasteiger partial charge < -0.3 is 9.84 Å². The molecule has 6 nitrogen and oxygen atoms in total. The van der Waals surface area contributed by atoms with Crippen molar-refractivity contribution in [2.75, 3.05) is 11.5 Å². The Morgan fingerprint density at radius 1 is 1.14 bits per heavy atom. The number of thiazole rings is 1. The third-order valence-corrected chi connectivity index (χ3v) is 7.13. The standard InChI is InChI=1S/C28H21ClN2O4S/c1-3-14-35-20-11-8-17(9-12-20)24-23(25(32)18-6-4-16(2)5-7-18)26(33)27(34)31(24)28-30-21-13-10-19(29)15-22(21)36-28/h3-13,15,24,32H,1,14H2,2H3. The van der Waals surface area contributed by atoms with Gasteiger partial charge in [0.05, 0.1) is 21.8 Å². The van der Waals surface area contributed by atoms with Gasteiger partial charge in [-0.2, -0.15) is 0 Å². The first-order chi connectivity index (χ1) is 17.4. The lowest BCUT2D eigenvalue weighted by atomic mass is 9.95. The van der Waals surface area contributed by atoms with Crippen molar-refractivity contribution >= 4 is 55.7 Å². The van der Waals surface area contributed by atoms with Gasteiger partial charge in [0.2, 0.25) is 0 Å². The van der Waals surface area contributed by atoms with Crippen LogP contribution in [0.15, 0.2) is 85.0 Å². The monoisotopic (exact) mass is 516 g/mol. The van der Waals surface area contributed by atoms with Crippen molar-refractivity contribution in [2.45, 2.75) is 13.0 Å². The maximum atomic E-state index is 13.4. The Morgan fingerprint density at radius 3 is 2.56 bits per heavy atom. The van der Waals surface area contributed by atoms with Crippen molar-refractivity contribution in [3.63, 3.8) is 0 Å². The molecule has 180 valence electrons. The Morgan fingerprint density at radius 2 is 1.86 bits per heavy atom. The van der Waals surface area contributed by atoms with Crippen LogP contribution in [0.1, 0.15) is 22.7 Å². The van der Waals surface area contributed by atoms with Gasteiger partial charge in [0, 0.05) is 10.6 Å². The van der Waals surface area contributed by atoms with Crippen LogP contribution in [0.5, 0.6) is 5.75 Å². The van der Waals surface area contributed by atoms with Gasteiger partial charge in [0.1, 0.15) is 18.1 Å². The minimum Gasteiger partial charge on any atom is -0.507 e. The summed E-state index contributed by atoms with van der Waals surface area (Å²) in [6, 6.07) is 18.5. The molecule has 1 unspecified atom stereocenters. The zero-order valence-corrected chi connectivity index (χ0v) is 20.8. The number of ether oxygens (including phenoxy) is 1. The lowest BCUT2D eigenvalue weighted by molar-refractivity contribution is -0.132. The van der Waals surface area contributed by atoms with Crippen molar-refractivity contribution in [2.24, 2.45) is 0 Å². The van der Waals surface area contributed by atoms with Crippen LogP contribution in [0.3, 0.4) is 0 Å². The number of Topliss-reactive ketones (excluding diaryl/α,β-unsaturated/α-hetero) is 1. The molecule has 1 aromatic heterocycles. The van der Waals surface area contributed by atoms with Gasteiger partial charge in [-0.1, -0.05) is 77.6 Å². The molecule has 1 saturated heterocycles. The Bertz CT molecular complexity index is 1520. The quantitative estimate of drug-likeness (QED) is 0.138. The SMILES string of the molecule is C=CCOc1ccc(C2C(=C(O)c3ccc(C)cc3)C(=O)C(=O)N2c2nc3ccc(Cl)cc3s2)cc1. The molecule has 4 aromatic rings. The summed E-state index contributed by atoms with van der Waals surface area (Å²) in [5, 5.41) is 12.1. The molecule has 0 aliphatic carbocycles. The highest BCUT2D eigenvalue weighted by Gasteiger charge is 2.48. The summed E-state index contributed by atoms with van der Waals surface area (Å²) in [4.78, 5) is 32.7. The number of anilines is 1. The molecule has 3 aromatic carbocycles. The first-order valence-corrected chi connectivity index (χ1v) is 12.3. The van der Waals surface area contributed by atoms with E-state index in [0.29, 0.717) is 39.2 Å². The predicted molar refractivity (Wildman–Crippen MR) is 143 cm³/mol. The molecule has 1 aliphatic rings. The molecule has 1 aliphatic heterocycles. The van der Waals surface area contributed by atoms with Gasteiger partial charge in [0.15, 0.2) is 5.13 Å². The van der Waals surface area contributed by atoms with Gasteiger partial charge in [-0.15, -0.1) is 0 Å². The van der Waals surface area contributed by atoms with Gasteiger partial charge >= 0.3 is 5.91 Å². The fourth-order valence-electron chi connectivity index (χ4n) is 4.10. The molecule has 1 amide bonds. The summed E-state index contributed by atoms with van der Waals surface area (Å²) in [7, 11) is 0. The molecule has 1 fully saturated rings. The molecule has 0 saturated carbocycles. The highest BCUT2D eigenvalue weighted by Crippen LogP contribution is 2.44. The average Bonchev–Trinajstić information content (AvgIpc) is 3.40. The molecule has 0 bridgehead atoms. The summed E-state index contributed by atoms with van der Waals surface area (Å²) in [5.74, 6) is -1.16. The maximum Gasteiger partial charge on any atom is 0.301 e. The zero-order valence-electron chi connectivity index (χ0n) is 19.3. The summed E-state index contributed by atoms with van der Waals surface area (Å²) in [6.45, 7) is 5.92. The van der Waals surface area contributed by atoms with Crippen molar-refractivity contribution in [1.82, 2.24) is 4.98 Å². The van der Waals surface area contributed by atoms with E-state index in [1.807, 2.05) is 19.1 Å². The number of carbonyl (C=O) groups is 2. The Kier molecular flexibility index (Phi) is 6.35. The summed E-state index contributed by atoms with van der Waals surface area (Å²) in [5.41, 5.74) is 2.75. The molecule has 2 heterocycles. The highest BCUT2D eigenvalue weighted by molar-refractivity contribution is 7.22. The minimum atomic E-state index is -0.879. The Hall–Kier alpha value is -3.94. The molecule has 0 radical (unpaired) electrons. The summed E-state index contributed by atoms with van der Waals surface area (Å²) in [6.07, 6.45) is 1.64. The maximum absolute atomic E-state index is 13.4. The van der Waals surface area contributed by atoms with E-state index < -0.39 is 17.7 Å². The molecule has 8 heteroatoms. The first kappa shape index (κ1) is 23.8. The lowest BCUT2D eigenvalue weighted by Gasteiger charge is -2.23. The number of hydrogen-bond donors (Lipinski definition) is 1. The number of fused-ring (bicyclic) bond motifs is 1. The number of hydrogen-bond acceptors (Lipinski definition) is 6. The van der Waals surface area contributed by atoms with E-state index in [4.69, 9.17) is 16.3 Å². The van der Waals surface area contributed by atoms with Crippen LogP contribution in [0.2, 0.25) is 5.02 Å². The second-order valence-corrected chi connectivity index (χ2v) is 9.76. The summed E-state index contributed by atoms with van der Waals surface area (Å²) >= 11 is 7.40. The number of aliphatic hydroxyl groups excluding tert-OH is 1. The Balaban J connectivity index is 1.68. The van der Waals surface area contributed by atoms with E-state index >= 15 is 0 Å². The minimum absolute atomic E-state index is 0.000835. The molecular weight excluding hydrogens is 496 g/mol. The number of amides is 1. The fraction of sp³-hybridized carbons (Fsp3) is 0.107. The van der Waals surface area contributed by atoms with Crippen molar-refractivity contribution in [3.05, 3.63) is 107 Å². The van der Waals surface area contributed by atoms with Crippen LogP contribution in [-0.2, 0) is 9.59 Å². The lowest BCUT2D eigenvalue weighted by Crippen LogP contribution is -2.29. The normalized spacial score (nSPS) is 17.1. The molecule has 5 rings (SSSR count). The number of rotatable bonds is 6. The number of ketones is 1. The van der Waals surface area contributed by atoms with Crippen LogP contribution in [0.25, 0.3) is 16.0 Å². The van der Waals surface area contributed by atoms with Crippen LogP contribution in [0.4, 0.5) is 5.13 Å². The van der Waals surface area contributed by atoms with E-state index in [1.165, 1.54) is 16.2 Å². The Labute approximate surface area is 216 Å².